The van der Waals surface area contributed by atoms with Crippen molar-refractivity contribution < 1.29 is 13.2 Å². The maximum Gasteiger partial charge on any atom is 0.221 e. The summed E-state index contributed by atoms with van der Waals surface area (Å²) in [4.78, 5) is 11.3. The molecule has 0 atom stereocenters. The lowest BCUT2D eigenvalue weighted by atomic mass is 9.87. The smallest absolute Gasteiger partial charge is 0.221 e. The van der Waals surface area contributed by atoms with E-state index in [0.29, 0.717) is 16.1 Å². The highest BCUT2D eigenvalue weighted by Crippen LogP contribution is 2.31. The van der Waals surface area contributed by atoms with Crippen LogP contribution in [0.25, 0.3) is 0 Å². The van der Waals surface area contributed by atoms with Gasteiger partial charge in [-0.2, -0.15) is 0 Å². The van der Waals surface area contributed by atoms with Crippen LogP contribution < -0.4 is 5.32 Å². The molecule has 1 rings (SSSR count). The Balaban J connectivity index is 3.44. The van der Waals surface area contributed by atoms with Crippen LogP contribution in [0.2, 0.25) is 0 Å². The summed E-state index contributed by atoms with van der Waals surface area (Å²) in [5.74, 6) is -0.179. The standard InChI is InChI=1S/C13H19NO3S/c1-9(15)14-10-6-7-12(18(5,16)17)11(8-10)13(2,3)4/h6-8H,1-5H3,(H,14,15). The van der Waals surface area contributed by atoms with Gasteiger partial charge in [-0.1, -0.05) is 20.8 Å². The summed E-state index contributed by atoms with van der Waals surface area (Å²) < 4.78 is 23.5. The third kappa shape index (κ3) is 3.57. The maximum absolute atomic E-state index is 11.7. The van der Waals surface area contributed by atoms with Gasteiger partial charge in [0.2, 0.25) is 5.91 Å². The van der Waals surface area contributed by atoms with E-state index >= 15 is 0 Å². The van der Waals surface area contributed by atoms with E-state index in [1.165, 1.54) is 13.2 Å². The first kappa shape index (κ1) is 14.7. The third-order valence-electron chi connectivity index (χ3n) is 2.51. The Hall–Kier alpha value is -1.36. The monoisotopic (exact) mass is 269 g/mol. The predicted molar refractivity (Wildman–Crippen MR) is 72.6 cm³/mol. The van der Waals surface area contributed by atoms with Crippen molar-refractivity contribution in [1.82, 2.24) is 0 Å². The molecule has 0 radical (unpaired) electrons. The second-order valence-corrected chi connectivity index (χ2v) is 7.40. The van der Waals surface area contributed by atoms with E-state index in [1.807, 2.05) is 20.8 Å². The van der Waals surface area contributed by atoms with E-state index in [1.54, 1.807) is 18.2 Å². The molecule has 0 saturated carbocycles. The first-order valence-corrected chi connectivity index (χ1v) is 7.53. The Bertz CT molecular complexity index is 568. The number of carbonyl (C=O) groups excluding carboxylic acids is 1. The van der Waals surface area contributed by atoms with Crippen molar-refractivity contribution in [1.29, 1.82) is 0 Å². The SMILES string of the molecule is CC(=O)Nc1ccc(S(C)(=O)=O)c(C(C)(C)C)c1. The summed E-state index contributed by atoms with van der Waals surface area (Å²) in [6, 6.07) is 4.87. The van der Waals surface area contributed by atoms with E-state index < -0.39 is 9.84 Å². The molecule has 5 heteroatoms. The van der Waals surface area contributed by atoms with E-state index in [-0.39, 0.29) is 11.3 Å². The molecule has 18 heavy (non-hydrogen) atoms. The largest absolute Gasteiger partial charge is 0.326 e. The van der Waals surface area contributed by atoms with Gasteiger partial charge in [-0.15, -0.1) is 0 Å². The van der Waals surface area contributed by atoms with E-state index in [9.17, 15) is 13.2 Å². The van der Waals surface area contributed by atoms with Crippen molar-refractivity contribution in [3.8, 4) is 0 Å². The lowest BCUT2D eigenvalue weighted by Gasteiger charge is -2.23. The molecule has 1 amide bonds. The van der Waals surface area contributed by atoms with Gasteiger partial charge in [-0.05, 0) is 29.2 Å². The van der Waals surface area contributed by atoms with Gasteiger partial charge < -0.3 is 5.32 Å². The highest BCUT2D eigenvalue weighted by molar-refractivity contribution is 7.90. The molecule has 0 saturated heterocycles. The third-order valence-corrected chi connectivity index (χ3v) is 3.66. The van der Waals surface area contributed by atoms with Crippen LogP contribution in [-0.2, 0) is 20.0 Å². The molecule has 0 aliphatic carbocycles. The van der Waals surface area contributed by atoms with Crippen molar-refractivity contribution in [2.75, 3.05) is 11.6 Å². The van der Waals surface area contributed by atoms with Crippen molar-refractivity contribution in [2.45, 2.75) is 38.0 Å². The van der Waals surface area contributed by atoms with Crippen molar-refractivity contribution >= 4 is 21.4 Å². The summed E-state index contributed by atoms with van der Waals surface area (Å²) in [5, 5.41) is 2.66. The quantitative estimate of drug-likeness (QED) is 0.896. The lowest BCUT2D eigenvalue weighted by Crippen LogP contribution is -2.17. The molecule has 100 valence electrons. The molecule has 0 aromatic heterocycles. The van der Waals surface area contributed by atoms with Gasteiger partial charge in [0.25, 0.3) is 0 Å². The van der Waals surface area contributed by atoms with Gasteiger partial charge in [0.15, 0.2) is 9.84 Å². The number of sulfone groups is 1. The Morgan fingerprint density at radius 2 is 1.78 bits per heavy atom. The molecule has 0 bridgehead atoms. The number of carbonyl (C=O) groups is 1. The van der Waals surface area contributed by atoms with Gasteiger partial charge in [0.05, 0.1) is 4.90 Å². The van der Waals surface area contributed by atoms with Gasteiger partial charge in [-0.3, -0.25) is 4.79 Å². The Morgan fingerprint density at radius 1 is 1.22 bits per heavy atom. The summed E-state index contributed by atoms with van der Waals surface area (Å²) in [6.45, 7) is 7.24. The topological polar surface area (TPSA) is 63.2 Å². The van der Waals surface area contributed by atoms with Gasteiger partial charge >= 0.3 is 0 Å². The molecule has 0 spiro atoms. The van der Waals surface area contributed by atoms with Crippen molar-refractivity contribution in [3.05, 3.63) is 23.8 Å². The Labute approximate surface area is 108 Å². The van der Waals surface area contributed by atoms with Crippen LogP contribution in [0.4, 0.5) is 5.69 Å². The lowest BCUT2D eigenvalue weighted by molar-refractivity contribution is -0.114. The maximum atomic E-state index is 11.7. The molecule has 0 fully saturated rings. The minimum atomic E-state index is -3.27. The fraction of sp³-hybridized carbons (Fsp3) is 0.462. The van der Waals surface area contributed by atoms with Crippen LogP contribution in [0.5, 0.6) is 0 Å². The molecule has 0 aliphatic rings. The number of benzene rings is 1. The number of hydrogen-bond acceptors (Lipinski definition) is 3. The van der Waals surface area contributed by atoms with Crippen LogP contribution in [0, 0.1) is 0 Å². The molecule has 4 nitrogen and oxygen atoms in total. The van der Waals surface area contributed by atoms with Crippen LogP contribution >= 0.6 is 0 Å². The molecule has 0 aliphatic heterocycles. The first-order chi connectivity index (χ1) is 8.01. The molecule has 1 aromatic rings. The minimum Gasteiger partial charge on any atom is -0.326 e. The number of hydrogen-bond donors (Lipinski definition) is 1. The molecule has 0 unspecified atom stereocenters. The van der Waals surface area contributed by atoms with Gasteiger partial charge in [0.1, 0.15) is 0 Å². The molecule has 1 N–H and O–H groups in total. The Kier molecular flexibility index (Phi) is 3.86. The average molecular weight is 269 g/mol. The predicted octanol–water partition coefficient (Wildman–Crippen LogP) is 2.35. The number of amides is 1. The van der Waals surface area contributed by atoms with Crippen LogP contribution in [0.1, 0.15) is 33.3 Å². The highest BCUT2D eigenvalue weighted by Gasteiger charge is 2.23. The van der Waals surface area contributed by atoms with Crippen LogP contribution in [-0.4, -0.2) is 20.6 Å². The van der Waals surface area contributed by atoms with Gasteiger partial charge in [0, 0.05) is 18.9 Å². The highest BCUT2D eigenvalue weighted by atomic mass is 32.2. The second-order valence-electron chi connectivity index (χ2n) is 5.41. The first-order valence-electron chi connectivity index (χ1n) is 5.64. The van der Waals surface area contributed by atoms with Gasteiger partial charge in [-0.25, -0.2) is 8.42 Å². The number of rotatable bonds is 2. The van der Waals surface area contributed by atoms with E-state index in [0.717, 1.165) is 0 Å². The summed E-state index contributed by atoms with van der Waals surface area (Å²) >= 11 is 0. The van der Waals surface area contributed by atoms with Crippen molar-refractivity contribution in [3.63, 3.8) is 0 Å². The van der Waals surface area contributed by atoms with Crippen LogP contribution in [0.3, 0.4) is 0 Å². The molecular weight excluding hydrogens is 250 g/mol. The zero-order valence-electron chi connectivity index (χ0n) is 11.4. The van der Waals surface area contributed by atoms with Crippen molar-refractivity contribution in [2.24, 2.45) is 0 Å². The fourth-order valence-electron chi connectivity index (χ4n) is 1.72. The molecule has 1 aromatic carbocycles. The summed E-state index contributed by atoms with van der Waals surface area (Å²) in [5.41, 5.74) is 1.00. The summed E-state index contributed by atoms with van der Waals surface area (Å²) in [6.07, 6.45) is 1.19. The van der Waals surface area contributed by atoms with E-state index in [2.05, 4.69) is 5.32 Å². The Morgan fingerprint density at radius 3 is 2.17 bits per heavy atom. The van der Waals surface area contributed by atoms with E-state index in [4.69, 9.17) is 0 Å². The van der Waals surface area contributed by atoms with Crippen LogP contribution in [0.15, 0.2) is 23.1 Å². The minimum absolute atomic E-state index is 0.179. The molecule has 0 heterocycles. The second kappa shape index (κ2) is 4.72. The summed E-state index contributed by atoms with van der Waals surface area (Å²) in [7, 11) is -3.27. The molecular formula is C13H19NO3S. The zero-order chi connectivity index (χ0) is 14.1. The number of nitrogens with one attached hydrogen (secondary N) is 1. The average Bonchev–Trinajstić information content (AvgIpc) is 2.13. The fourth-order valence-corrected chi connectivity index (χ4v) is 2.80. The zero-order valence-corrected chi connectivity index (χ0v) is 12.2. The number of anilines is 1. The normalized spacial score (nSPS) is 12.3.